The molecule has 1 unspecified atom stereocenters. The number of hydrogen-bond donors (Lipinski definition) is 2. The van der Waals surface area contributed by atoms with E-state index >= 15 is 0 Å². The quantitative estimate of drug-likeness (QED) is 0.410. The summed E-state index contributed by atoms with van der Waals surface area (Å²) in [4.78, 5) is 8.97. The largest absolute Gasteiger partial charge is 0.380 e. The van der Waals surface area contributed by atoms with Crippen LogP contribution in [-0.2, 0) is 4.74 Å². The van der Waals surface area contributed by atoms with Gasteiger partial charge in [0.25, 0.3) is 0 Å². The number of thiazole rings is 1. The predicted octanol–water partition coefficient (Wildman–Crippen LogP) is 5.70. The summed E-state index contributed by atoms with van der Waals surface area (Å²) in [5, 5.41) is 8.92. The molecular weight excluding hydrogens is 426 g/mol. The molecule has 0 amide bonds. The van der Waals surface area contributed by atoms with Gasteiger partial charge >= 0.3 is 0 Å². The Morgan fingerprint density at radius 2 is 2.17 bits per heavy atom. The fourth-order valence-corrected chi connectivity index (χ4v) is 4.78. The average Bonchev–Trinajstić information content (AvgIpc) is 3.51. The van der Waals surface area contributed by atoms with Crippen molar-refractivity contribution < 1.29 is 13.5 Å². The minimum atomic E-state index is -0.675. The zero-order valence-electron chi connectivity index (χ0n) is 16.5. The van der Waals surface area contributed by atoms with Crippen LogP contribution in [0.4, 0.5) is 20.2 Å². The van der Waals surface area contributed by atoms with Gasteiger partial charge in [0.2, 0.25) is 0 Å². The number of thiophene rings is 1. The Labute approximate surface area is 181 Å². The molecule has 0 bridgehead atoms. The average molecular weight is 449 g/mol. The fraction of sp³-hybridized carbons (Fsp3) is 0.333. The SMILES string of the molecule is CCOCC1CCCN1.Fc1cc2scnc2c(F)c1Nc1ccnc2sccc12. The topological polar surface area (TPSA) is 59.1 Å². The van der Waals surface area contributed by atoms with E-state index in [1.165, 1.54) is 53.6 Å². The van der Waals surface area contributed by atoms with Crippen LogP contribution in [0.15, 0.2) is 35.3 Å². The number of ether oxygens (including phenoxy) is 1. The van der Waals surface area contributed by atoms with E-state index in [0.717, 1.165) is 23.4 Å². The first-order valence-corrected chi connectivity index (χ1v) is 11.5. The number of halogens is 2. The monoisotopic (exact) mass is 448 g/mol. The lowest BCUT2D eigenvalue weighted by molar-refractivity contribution is 0.128. The van der Waals surface area contributed by atoms with Crippen molar-refractivity contribution in [1.29, 1.82) is 0 Å². The number of benzene rings is 1. The lowest BCUT2D eigenvalue weighted by atomic mass is 10.2. The van der Waals surface area contributed by atoms with Gasteiger partial charge in [0.05, 0.1) is 22.5 Å². The third-order valence-corrected chi connectivity index (χ3v) is 6.43. The highest BCUT2D eigenvalue weighted by molar-refractivity contribution is 7.17. The fourth-order valence-electron chi connectivity index (χ4n) is 3.33. The molecule has 9 heteroatoms. The number of nitrogens with zero attached hydrogens (tertiary/aromatic N) is 2. The summed E-state index contributed by atoms with van der Waals surface area (Å²) >= 11 is 2.68. The van der Waals surface area contributed by atoms with Crippen molar-refractivity contribution in [2.45, 2.75) is 25.8 Å². The number of fused-ring (bicyclic) bond motifs is 2. The van der Waals surface area contributed by atoms with E-state index in [0.29, 0.717) is 16.4 Å². The Kier molecular flexibility index (Phi) is 6.83. The number of aromatic nitrogens is 2. The highest BCUT2D eigenvalue weighted by Gasteiger charge is 2.17. The molecule has 1 saturated heterocycles. The van der Waals surface area contributed by atoms with Crippen molar-refractivity contribution in [2.24, 2.45) is 0 Å². The second-order valence-electron chi connectivity index (χ2n) is 6.82. The second kappa shape index (κ2) is 9.74. The minimum Gasteiger partial charge on any atom is -0.380 e. The van der Waals surface area contributed by atoms with Gasteiger partial charge in [-0.25, -0.2) is 18.7 Å². The number of rotatable bonds is 5. The van der Waals surface area contributed by atoms with E-state index in [4.69, 9.17) is 4.74 Å². The first-order chi connectivity index (χ1) is 14.7. The molecule has 30 heavy (non-hydrogen) atoms. The molecule has 2 N–H and O–H groups in total. The van der Waals surface area contributed by atoms with Crippen molar-refractivity contribution in [3.05, 3.63) is 46.9 Å². The van der Waals surface area contributed by atoms with Crippen molar-refractivity contribution >= 4 is 54.5 Å². The zero-order chi connectivity index (χ0) is 20.9. The third kappa shape index (κ3) is 4.59. The summed E-state index contributed by atoms with van der Waals surface area (Å²) in [5.74, 6) is -1.31. The molecule has 1 aromatic carbocycles. The zero-order valence-corrected chi connectivity index (χ0v) is 18.1. The van der Waals surface area contributed by atoms with E-state index in [1.54, 1.807) is 12.3 Å². The third-order valence-electron chi connectivity index (χ3n) is 4.83. The Hall–Kier alpha value is -2.20. The highest BCUT2D eigenvalue weighted by atomic mass is 32.1. The maximum absolute atomic E-state index is 14.4. The van der Waals surface area contributed by atoms with E-state index in [1.807, 2.05) is 18.4 Å². The molecule has 158 valence electrons. The number of pyridine rings is 1. The van der Waals surface area contributed by atoms with E-state index in [9.17, 15) is 8.78 Å². The molecule has 4 heterocycles. The molecule has 0 spiro atoms. The van der Waals surface area contributed by atoms with E-state index in [2.05, 4.69) is 20.6 Å². The van der Waals surface area contributed by atoms with Gasteiger partial charge in [0.15, 0.2) is 11.6 Å². The summed E-state index contributed by atoms with van der Waals surface area (Å²) < 4.78 is 34.3. The Morgan fingerprint density at radius 3 is 2.97 bits per heavy atom. The standard InChI is InChI=1S/C14H7F2N3S2.C7H15NO/c15-8-5-10-13(18-6-21-10)11(16)12(8)19-9-1-3-17-14-7(9)2-4-20-14;1-2-9-6-7-4-3-5-8-7/h1-6H,(H,17,19);7-8H,2-6H2,1H3. The van der Waals surface area contributed by atoms with Crippen LogP contribution in [0.2, 0.25) is 0 Å². The molecular formula is C21H22F2N4OS2. The smallest absolute Gasteiger partial charge is 0.176 e. The lowest BCUT2D eigenvalue weighted by Crippen LogP contribution is -2.26. The van der Waals surface area contributed by atoms with Crippen molar-refractivity contribution in [2.75, 3.05) is 25.1 Å². The second-order valence-corrected chi connectivity index (χ2v) is 8.60. The van der Waals surface area contributed by atoms with Crippen LogP contribution in [0.5, 0.6) is 0 Å². The molecule has 1 fully saturated rings. The molecule has 1 aliphatic heterocycles. The Balaban J connectivity index is 0.000000204. The van der Waals surface area contributed by atoms with Gasteiger partial charge in [0, 0.05) is 24.2 Å². The molecule has 0 saturated carbocycles. The van der Waals surface area contributed by atoms with Crippen molar-refractivity contribution in [1.82, 2.24) is 15.3 Å². The number of hydrogen-bond acceptors (Lipinski definition) is 7. The van der Waals surface area contributed by atoms with Crippen LogP contribution in [-0.4, -0.2) is 35.8 Å². The van der Waals surface area contributed by atoms with Crippen molar-refractivity contribution in [3.8, 4) is 0 Å². The molecule has 0 radical (unpaired) electrons. The predicted molar refractivity (Wildman–Crippen MR) is 120 cm³/mol. The molecule has 4 aromatic rings. The Morgan fingerprint density at radius 1 is 1.27 bits per heavy atom. The number of anilines is 2. The van der Waals surface area contributed by atoms with Gasteiger partial charge in [0.1, 0.15) is 16.0 Å². The van der Waals surface area contributed by atoms with Gasteiger partial charge in [-0.1, -0.05) is 0 Å². The van der Waals surface area contributed by atoms with Gasteiger partial charge < -0.3 is 15.4 Å². The normalized spacial score (nSPS) is 16.0. The molecule has 1 aliphatic rings. The molecule has 3 aromatic heterocycles. The molecule has 5 rings (SSSR count). The maximum atomic E-state index is 14.4. The Bertz CT molecular complexity index is 1120. The maximum Gasteiger partial charge on any atom is 0.176 e. The molecule has 1 atom stereocenters. The van der Waals surface area contributed by atoms with Crippen LogP contribution in [0.3, 0.4) is 0 Å². The summed E-state index contributed by atoms with van der Waals surface area (Å²) in [6.07, 6.45) is 4.22. The van der Waals surface area contributed by atoms with Crippen LogP contribution in [0, 0.1) is 11.6 Å². The van der Waals surface area contributed by atoms with Crippen LogP contribution < -0.4 is 10.6 Å². The number of nitrogens with one attached hydrogen (secondary N) is 2. The van der Waals surface area contributed by atoms with Crippen molar-refractivity contribution in [3.63, 3.8) is 0 Å². The molecule has 5 nitrogen and oxygen atoms in total. The summed E-state index contributed by atoms with van der Waals surface area (Å²) in [5.41, 5.74) is 2.11. The van der Waals surface area contributed by atoms with Gasteiger partial charge in [-0.3, -0.25) is 0 Å². The minimum absolute atomic E-state index is 0.180. The van der Waals surface area contributed by atoms with E-state index < -0.39 is 11.6 Å². The first-order valence-electron chi connectivity index (χ1n) is 9.79. The van der Waals surface area contributed by atoms with E-state index in [-0.39, 0.29) is 11.2 Å². The van der Waals surface area contributed by atoms with Crippen LogP contribution >= 0.6 is 22.7 Å². The lowest BCUT2D eigenvalue weighted by Gasteiger charge is -2.10. The summed E-state index contributed by atoms with van der Waals surface area (Å²) in [6, 6.07) is 5.50. The van der Waals surface area contributed by atoms with Gasteiger partial charge in [-0.2, -0.15) is 0 Å². The first kappa shape index (κ1) is 21.0. The van der Waals surface area contributed by atoms with Gasteiger partial charge in [-0.05, 0) is 49.9 Å². The molecule has 0 aliphatic carbocycles. The van der Waals surface area contributed by atoms with Gasteiger partial charge in [-0.15, -0.1) is 22.7 Å². The summed E-state index contributed by atoms with van der Waals surface area (Å²) in [7, 11) is 0. The van der Waals surface area contributed by atoms with Crippen LogP contribution in [0.25, 0.3) is 20.4 Å². The van der Waals surface area contributed by atoms with Crippen LogP contribution in [0.1, 0.15) is 19.8 Å². The highest BCUT2D eigenvalue weighted by Crippen LogP contribution is 2.34. The summed E-state index contributed by atoms with van der Waals surface area (Å²) in [6.45, 7) is 4.96.